The Morgan fingerprint density at radius 3 is 2.48 bits per heavy atom. The van der Waals surface area contributed by atoms with Crippen LogP contribution in [0.25, 0.3) is 0 Å². The van der Waals surface area contributed by atoms with E-state index in [2.05, 4.69) is 31.9 Å². The topological polar surface area (TPSA) is 40.5 Å². The Kier molecular flexibility index (Phi) is 5.47. The van der Waals surface area contributed by atoms with Gasteiger partial charge in [-0.1, -0.05) is 12.1 Å². The molecule has 0 aliphatic rings. The van der Waals surface area contributed by atoms with Crippen LogP contribution in [0.3, 0.4) is 0 Å². The Morgan fingerprint density at radius 2 is 1.90 bits per heavy atom. The molecule has 0 saturated heterocycles. The van der Waals surface area contributed by atoms with Crippen LogP contribution in [0, 0.1) is 0 Å². The van der Waals surface area contributed by atoms with Gasteiger partial charge in [0.25, 0.3) is 0 Å². The fourth-order valence-corrected chi connectivity index (χ4v) is 2.80. The van der Waals surface area contributed by atoms with Crippen molar-refractivity contribution in [2.75, 3.05) is 13.7 Å². The minimum atomic E-state index is -0.336. The molecule has 21 heavy (non-hydrogen) atoms. The number of carbonyl (C=O) groups excluding carboxylic acids is 1. The predicted molar refractivity (Wildman–Crippen MR) is 87.9 cm³/mol. The van der Waals surface area contributed by atoms with Crippen LogP contribution >= 0.6 is 31.9 Å². The van der Waals surface area contributed by atoms with Gasteiger partial charge in [0, 0.05) is 6.54 Å². The molecule has 0 radical (unpaired) electrons. The zero-order chi connectivity index (χ0) is 15.4. The average Bonchev–Trinajstić information content (AvgIpc) is 2.77. The summed E-state index contributed by atoms with van der Waals surface area (Å²) in [5, 5.41) is 0. The average molecular weight is 417 g/mol. The van der Waals surface area contributed by atoms with Gasteiger partial charge in [-0.2, -0.15) is 0 Å². The lowest BCUT2D eigenvalue weighted by atomic mass is 10.2. The normalized spacial score (nSPS) is 10.5. The summed E-state index contributed by atoms with van der Waals surface area (Å²) in [5.41, 5.74) is 1.57. The third kappa shape index (κ3) is 3.68. The SMILES string of the molecule is CCOC(=O)c1cc(Br)c(Br)n1Cc1ccc(OC)cc1. The van der Waals surface area contributed by atoms with E-state index in [1.807, 2.05) is 28.8 Å². The second kappa shape index (κ2) is 7.13. The van der Waals surface area contributed by atoms with E-state index in [1.165, 1.54) is 0 Å². The maximum atomic E-state index is 12.0. The second-order valence-corrected chi connectivity index (χ2v) is 5.93. The highest BCUT2D eigenvalue weighted by Crippen LogP contribution is 2.29. The lowest BCUT2D eigenvalue weighted by Crippen LogP contribution is -2.13. The van der Waals surface area contributed by atoms with Crippen molar-refractivity contribution in [2.45, 2.75) is 13.5 Å². The van der Waals surface area contributed by atoms with Gasteiger partial charge in [-0.15, -0.1) is 0 Å². The van der Waals surface area contributed by atoms with Crippen molar-refractivity contribution in [2.24, 2.45) is 0 Å². The van der Waals surface area contributed by atoms with E-state index in [0.29, 0.717) is 18.8 Å². The number of aromatic nitrogens is 1. The minimum Gasteiger partial charge on any atom is -0.497 e. The van der Waals surface area contributed by atoms with E-state index >= 15 is 0 Å². The fourth-order valence-electron chi connectivity index (χ4n) is 1.93. The first-order valence-corrected chi connectivity index (χ1v) is 8.00. The van der Waals surface area contributed by atoms with E-state index in [4.69, 9.17) is 9.47 Å². The van der Waals surface area contributed by atoms with Crippen molar-refractivity contribution in [1.82, 2.24) is 4.57 Å². The number of methoxy groups -OCH3 is 1. The van der Waals surface area contributed by atoms with Crippen molar-refractivity contribution in [3.63, 3.8) is 0 Å². The van der Waals surface area contributed by atoms with Crippen LogP contribution in [0.5, 0.6) is 5.75 Å². The summed E-state index contributed by atoms with van der Waals surface area (Å²) >= 11 is 6.92. The molecule has 1 heterocycles. The van der Waals surface area contributed by atoms with E-state index < -0.39 is 0 Å². The van der Waals surface area contributed by atoms with Gasteiger partial charge < -0.3 is 14.0 Å². The summed E-state index contributed by atoms with van der Waals surface area (Å²) in [6.07, 6.45) is 0. The van der Waals surface area contributed by atoms with Crippen LogP contribution < -0.4 is 4.74 Å². The van der Waals surface area contributed by atoms with Crippen LogP contribution in [0.2, 0.25) is 0 Å². The van der Waals surface area contributed by atoms with Crippen LogP contribution in [-0.4, -0.2) is 24.3 Å². The van der Waals surface area contributed by atoms with Crippen LogP contribution in [0.4, 0.5) is 0 Å². The second-order valence-electron chi connectivity index (χ2n) is 4.32. The molecule has 1 aromatic heterocycles. The number of ether oxygens (including phenoxy) is 2. The number of esters is 1. The number of benzene rings is 1. The maximum Gasteiger partial charge on any atom is 0.355 e. The quantitative estimate of drug-likeness (QED) is 0.684. The first-order chi connectivity index (χ1) is 10.1. The zero-order valence-electron chi connectivity index (χ0n) is 11.7. The number of hydrogen-bond donors (Lipinski definition) is 0. The molecule has 0 aliphatic carbocycles. The molecule has 0 saturated carbocycles. The molecule has 2 aromatic rings. The van der Waals surface area contributed by atoms with Crippen molar-refractivity contribution in [1.29, 1.82) is 0 Å². The fraction of sp³-hybridized carbons (Fsp3) is 0.267. The molecule has 1 aromatic carbocycles. The Balaban J connectivity index is 2.31. The van der Waals surface area contributed by atoms with Crippen LogP contribution in [0.1, 0.15) is 23.0 Å². The number of hydrogen-bond acceptors (Lipinski definition) is 3. The summed E-state index contributed by atoms with van der Waals surface area (Å²) in [7, 11) is 1.63. The van der Waals surface area contributed by atoms with Gasteiger partial charge in [0.2, 0.25) is 0 Å². The van der Waals surface area contributed by atoms with Gasteiger partial charge in [0.15, 0.2) is 0 Å². The monoisotopic (exact) mass is 415 g/mol. The summed E-state index contributed by atoms with van der Waals surface area (Å²) in [6, 6.07) is 9.48. The number of halogens is 2. The highest BCUT2D eigenvalue weighted by molar-refractivity contribution is 9.13. The van der Waals surface area contributed by atoms with Crippen molar-refractivity contribution in [3.8, 4) is 5.75 Å². The molecule has 6 heteroatoms. The highest BCUT2D eigenvalue weighted by Gasteiger charge is 2.18. The Bertz CT molecular complexity index is 635. The molecular formula is C15H15Br2NO3. The molecule has 0 bridgehead atoms. The van der Waals surface area contributed by atoms with Crippen LogP contribution in [-0.2, 0) is 11.3 Å². The molecule has 0 N–H and O–H groups in total. The molecule has 0 spiro atoms. The van der Waals surface area contributed by atoms with E-state index in [-0.39, 0.29) is 5.97 Å². The van der Waals surface area contributed by atoms with E-state index in [1.54, 1.807) is 20.1 Å². The zero-order valence-corrected chi connectivity index (χ0v) is 14.9. The number of carbonyl (C=O) groups is 1. The largest absolute Gasteiger partial charge is 0.497 e. The highest BCUT2D eigenvalue weighted by atomic mass is 79.9. The van der Waals surface area contributed by atoms with Gasteiger partial charge >= 0.3 is 5.97 Å². The molecule has 4 nitrogen and oxygen atoms in total. The molecule has 0 fully saturated rings. The summed E-state index contributed by atoms with van der Waals surface area (Å²) in [5.74, 6) is 0.467. The molecule has 2 rings (SSSR count). The Hall–Kier alpha value is -1.27. The van der Waals surface area contributed by atoms with Crippen LogP contribution in [0.15, 0.2) is 39.4 Å². The van der Waals surface area contributed by atoms with E-state index in [9.17, 15) is 4.79 Å². The van der Waals surface area contributed by atoms with Gasteiger partial charge in [-0.3, -0.25) is 0 Å². The Labute approximate surface area is 140 Å². The molecule has 0 atom stereocenters. The smallest absolute Gasteiger partial charge is 0.355 e. The molecule has 0 unspecified atom stereocenters. The molecule has 112 valence electrons. The minimum absolute atomic E-state index is 0.336. The van der Waals surface area contributed by atoms with E-state index in [0.717, 1.165) is 20.4 Å². The van der Waals surface area contributed by atoms with Crippen molar-refractivity contribution < 1.29 is 14.3 Å². The van der Waals surface area contributed by atoms with Gasteiger partial charge in [0.05, 0.1) is 18.2 Å². The lowest BCUT2D eigenvalue weighted by Gasteiger charge is -2.11. The standard InChI is InChI=1S/C15H15Br2NO3/c1-3-21-15(19)13-8-12(16)14(17)18(13)9-10-4-6-11(20-2)7-5-10/h4-8H,3,9H2,1-2H3. The summed E-state index contributed by atoms with van der Waals surface area (Å²) in [4.78, 5) is 12.0. The lowest BCUT2D eigenvalue weighted by molar-refractivity contribution is 0.0514. The first-order valence-electron chi connectivity index (χ1n) is 6.41. The molecular weight excluding hydrogens is 402 g/mol. The number of nitrogens with zero attached hydrogens (tertiary/aromatic N) is 1. The number of rotatable bonds is 5. The van der Waals surface area contributed by atoms with Gasteiger partial charge in [-0.05, 0) is 62.5 Å². The molecule has 0 aliphatic heterocycles. The predicted octanol–water partition coefficient (Wildman–Crippen LogP) is 4.25. The third-order valence-electron chi connectivity index (χ3n) is 2.97. The first kappa shape index (κ1) is 16.1. The Morgan fingerprint density at radius 1 is 1.24 bits per heavy atom. The van der Waals surface area contributed by atoms with Gasteiger partial charge in [-0.25, -0.2) is 4.79 Å². The summed E-state index contributed by atoms with van der Waals surface area (Å²) < 4.78 is 13.7. The third-order valence-corrected chi connectivity index (χ3v) is 4.96. The maximum absolute atomic E-state index is 12.0. The van der Waals surface area contributed by atoms with Gasteiger partial charge in [0.1, 0.15) is 16.0 Å². The van der Waals surface area contributed by atoms with Crippen molar-refractivity contribution in [3.05, 3.63) is 50.7 Å². The van der Waals surface area contributed by atoms with Crippen molar-refractivity contribution >= 4 is 37.8 Å². The summed E-state index contributed by atoms with van der Waals surface area (Å²) in [6.45, 7) is 2.70. The molecule has 0 amide bonds.